The lowest BCUT2D eigenvalue weighted by molar-refractivity contribution is -0.121. The number of carbonyl (C=O) groups excluding carboxylic acids is 1. The first-order chi connectivity index (χ1) is 16.3. The lowest BCUT2D eigenvalue weighted by Gasteiger charge is -2.21. The molecule has 1 fully saturated rings. The van der Waals surface area contributed by atoms with Crippen LogP contribution >= 0.6 is 11.3 Å². The summed E-state index contributed by atoms with van der Waals surface area (Å²) in [6.45, 7) is 2.76. The number of rotatable bonds is 7. The molecule has 1 unspecified atom stereocenters. The fourth-order valence-corrected chi connectivity index (χ4v) is 7.02. The first-order valence-corrected chi connectivity index (χ1v) is 13.1. The molecule has 9 nitrogen and oxygen atoms in total. The standard InChI is InChI=1S/C23H27N3O6S2/c1-5-25-20-18(31-3)12-13-19(32-4)21(20)33-23(25)24-22(27)17-7-6-14-26(17)34(28,29)16-10-8-15(30-2)9-11-16/h8-13,17H,5-7,14H2,1-4H3. The van der Waals surface area contributed by atoms with Crippen LogP contribution in [0.25, 0.3) is 10.2 Å². The van der Waals surface area contributed by atoms with E-state index in [2.05, 4.69) is 4.99 Å². The van der Waals surface area contributed by atoms with Crippen LogP contribution in [0.15, 0.2) is 46.3 Å². The zero-order valence-electron chi connectivity index (χ0n) is 19.5. The fraction of sp³-hybridized carbons (Fsp3) is 0.391. The molecule has 0 N–H and O–H groups in total. The van der Waals surface area contributed by atoms with Crippen molar-refractivity contribution in [3.05, 3.63) is 41.2 Å². The zero-order chi connectivity index (χ0) is 24.5. The Labute approximate surface area is 202 Å². The fourth-order valence-electron chi connectivity index (χ4n) is 4.16. The largest absolute Gasteiger partial charge is 0.497 e. The van der Waals surface area contributed by atoms with E-state index in [1.165, 1.54) is 34.9 Å². The number of methoxy groups -OCH3 is 3. The number of benzene rings is 2. The monoisotopic (exact) mass is 505 g/mol. The maximum Gasteiger partial charge on any atom is 0.266 e. The summed E-state index contributed by atoms with van der Waals surface area (Å²) in [5, 5.41) is 0. The molecule has 1 aliphatic rings. The minimum atomic E-state index is -3.86. The molecule has 0 radical (unpaired) electrons. The predicted molar refractivity (Wildman–Crippen MR) is 129 cm³/mol. The maximum absolute atomic E-state index is 13.3. The van der Waals surface area contributed by atoms with Crippen molar-refractivity contribution in [2.24, 2.45) is 4.99 Å². The molecule has 182 valence electrons. The SMILES string of the molecule is CCn1c(=NC(=O)C2CCCN2S(=O)(=O)c2ccc(OC)cc2)sc2c(OC)ccc(OC)c21. The third-order valence-corrected chi connectivity index (χ3v) is 8.88. The summed E-state index contributed by atoms with van der Waals surface area (Å²) in [6.07, 6.45) is 1.00. The number of ether oxygens (including phenoxy) is 3. The molecule has 1 saturated heterocycles. The minimum Gasteiger partial charge on any atom is -0.497 e. The summed E-state index contributed by atoms with van der Waals surface area (Å²) in [5.41, 5.74) is 0.787. The van der Waals surface area contributed by atoms with Crippen molar-refractivity contribution in [1.82, 2.24) is 8.87 Å². The molecule has 34 heavy (non-hydrogen) atoms. The van der Waals surface area contributed by atoms with Gasteiger partial charge in [0, 0.05) is 13.1 Å². The number of carbonyl (C=O) groups is 1. The highest BCUT2D eigenvalue weighted by Crippen LogP contribution is 2.35. The number of hydrogen-bond donors (Lipinski definition) is 0. The normalized spacial score (nSPS) is 17.3. The molecule has 0 saturated carbocycles. The van der Waals surface area contributed by atoms with E-state index in [1.54, 1.807) is 26.4 Å². The number of aromatic nitrogens is 1. The van der Waals surface area contributed by atoms with Gasteiger partial charge in [0.25, 0.3) is 5.91 Å². The van der Waals surface area contributed by atoms with Gasteiger partial charge in [-0.25, -0.2) is 8.42 Å². The highest BCUT2D eigenvalue weighted by molar-refractivity contribution is 7.89. The van der Waals surface area contributed by atoms with Crippen molar-refractivity contribution < 1.29 is 27.4 Å². The molecule has 0 spiro atoms. The van der Waals surface area contributed by atoms with Gasteiger partial charge in [-0.2, -0.15) is 9.30 Å². The Morgan fingerprint density at radius 3 is 2.35 bits per heavy atom. The van der Waals surface area contributed by atoms with Crippen LogP contribution in [-0.2, 0) is 21.4 Å². The van der Waals surface area contributed by atoms with Gasteiger partial charge >= 0.3 is 0 Å². The van der Waals surface area contributed by atoms with Gasteiger partial charge in [0.05, 0.1) is 26.2 Å². The van der Waals surface area contributed by atoms with Crippen LogP contribution in [0.1, 0.15) is 19.8 Å². The van der Waals surface area contributed by atoms with E-state index in [4.69, 9.17) is 14.2 Å². The van der Waals surface area contributed by atoms with Crippen LogP contribution in [0.4, 0.5) is 0 Å². The molecule has 1 aromatic heterocycles. The first kappa shape index (κ1) is 24.2. The Morgan fingerprint density at radius 2 is 1.74 bits per heavy atom. The van der Waals surface area contributed by atoms with Crippen molar-refractivity contribution in [3.63, 3.8) is 0 Å². The summed E-state index contributed by atoms with van der Waals surface area (Å²) in [4.78, 5) is 18.3. The summed E-state index contributed by atoms with van der Waals surface area (Å²) < 4.78 is 46.7. The second kappa shape index (κ2) is 9.77. The molecule has 11 heteroatoms. The lowest BCUT2D eigenvalue weighted by Crippen LogP contribution is -2.40. The van der Waals surface area contributed by atoms with Crippen molar-refractivity contribution >= 4 is 37.5 Å². The second-order valence-electron chi connectivity index (χ2n) is 7.68. The van der Waals surface area contributed by atoms with Crippen molar-refractivity contribution in [1.29, 1.82) is 0 Å². The maximum atomic E-state index is 13.3. The van der Waals surface area contributed by atoms with E-state index < -0.39 is 22.0 Å². The Hall–Kier alpha value is -2.89. The molecular formula is C23H27N3O6S2. The molecular weight excluding hydrogens is 478 g/mol. The third-order valence-electron chi connectivity index (χ3n) is 5.87. The van der Waals surface area contributed by atoms with Gasteiger partial charge in [-0.1, -0.05) is 11.3 Å². The van der Waals surface area contributed by atoms with Crippen molar-refractivity contribution in [3.8, 4) is 17.2 Å². The van der Waals surface area contributed by atoms with Crippen LogP contribution < -0.4 is 19.0 Å². The smallest absolute Gasteiger partial charge is 0.266 e. The van der Waals surface area contributed by atoms with Gasteiger partial charge < -0.3 is 18.8 Å². The number of aryl methyl sites for hydroxylation is 1. The summed E-state index contributed by atoms with van der Waals surface area (Å²) in [6, 6.07) is 8.92. The number of sulfonamides is 1. The number of amides is 1. The van der Waals surface area contributed by atoms with Crippen molar-refractivity contribution in [2.45, 2.75) is 37.2 Å². The number of fused-ring (bicyclic) bond motifs is 1. The van der Waals surface area contributed by atoms with Crippen LogP contribution in [0.5, 0.6) is 17.2 Å². The van der Waals surface area contributed by atoms with Crippen LogP contribution in [-0.4, -0.2) is 57.1 Å². The summed E-state index contributed by atoms with van der Waals surface area (Å²) in [7, 11) is 0.825. The highest BCUT2D eigenvalue weighted by Gasteiger charge is 2.39. The van der Waals surface area contributed by atoms with Crippen LogP contribution in [0.2, 0.25) is 0 Å². The molecule has 1 aliphatic heterocycles. The lowest BCUT2D eigenvalue weighted by atomic mass is 10.2. The quantitative estimate of drug-likeness (QED) is 0.489. The van der Waals surface area contributed by atoms with Gasteiger partial charge in [0.1, 0.15) is 33.5 Å². The van der Waals surface area contributed by atoms with E-state index in [0.29, 0.717) is 41.4 Å². The zero-order valence-corrected chi connectivity index (χ0v) is 21.1. The van der Waals surface area contributed by atoms with Gasteiger partial charge in [0.15, 0.2) is 4.80 Å². The molecule has 0 aliphatic carbocycles. The number of thiazole rings is 1. The third kappa shape index (κ3) is 4.19. The molecule has 2 aromatic carbocycles. The molecule has 0 bridgehead atoms. The van der Waals surface area contributed by atoms with E-state index in [-0.39, 0.29) is 11.4 Å². The predicted octanol–water partition coefficient (Wildman–Crippen LogP) is 3.03. The van der Waals surface area contributed by atoms with Gasteiger partial charge in [0.2, 0.25) is 10.0 Å². The average molecular weight is 506 g/mol. The van der Waals surface area contributed by atoms with Gasteiger partial charge in [-0.3, -0.25) is 4.79 Å². The molecule has 1 amide bonds. The molecule has 2 heterocycles. The molecule has 3 aromatic rings. The Balaban J connectivity index is 1.74. The highest BCUT2D eigenvalue weighted by atomic mass is 32.2. The topological polar surface area (TPSA) is 99.4 Å². The second-order valence-corrected chi connectivity index (χ2v) is 10.5. The van der Waals surface area contributed by atoms with E-state index in [9.17, 15) is 13.2 Å². The Kier molecular flexibility index (Phi) is 6.96. The summed E-state index contributed by atoms with van der Waals surface area (Å²) >= 11 is 1.31. The van der Waals surface area contributed by atoms with E-state index in [1.807, 2.05) is 23.6 Å². The van der Waals surface area contributed by atoms with Crippen LogP contribution in [0, 0.1) is 0 Å². The Morgan fingerprint density at radius 1 is 1.06 bits per heavy atom. The molecule has 1 atom stereocenters. The minimum absolute atomic E-state index is 0.118. The van der Waals surface area contributed by atoms with Crippen LogP contribution in [0.3, 0.4) is 0 Å². The van der Waals surface area contributed by atoms with Gasteiger partial charge in [-0.15, -0.1) is 0 Å². The number of hydrogen-bond acceptors (Lipinski definition) is 7. The van der Waals surface area contributed by atoms with E-state index in [0.717, 1.165) is 10.2 Å². The average Bonchev–Trinajstić information content (AvgIpc) is 3.49. The molecule has 4 rings (SSSR count). The van der Waals surface area contributed by atoms with Crippen molar-refractivity contribution in [2.75, 3.05) is 27.9 Å². The Bertz CT molecular complexity index is 1380. The van der Waals surface area contributed by atoms with Gasteiger partial charge in [-0.05, 0) is 56.2 Å². The van der Waals surface area contributed by atoms with E-state index >= 15 is 0 Å². The summed E-state index contributed by atoms with van der Waals surface area (Å²) in [5.74, 6) is 1.37. The first-order valence-electron chi connectivity index (χ1n) is 10.8. The number of nitrogens with zero attached hydrogens (tertiary/aromatic N) is 3.